The van der Waals surface area contributed by atoms with Gasteiger partial charge in [-0.2, -0.15) is 0 Å². The van der Waals surface area contributed by atoms with Crippen LogP contribution in [0.1, 0.15) is 22.6 Å². The van der Waals surface area contributed by atoms with Crippen LogP contribution >= 0.6 is 23.4 Å². The summed E-state index contributed by atoms with van der Waals surface area (Å²) in [5.74, 6) is 0.446. The number of halogens is 1. The van der Waals surface area contributed by atoms with Gasteiger partial charge in [-0.05, 0) is 11.6 Å². The number of aliphatic hydroxyl groups is 1. The maximum atomic E-state index is 12.2. The maximum Gasteiger partial charge on any atom is 0.233 e. The molecule has 0 aliphatic carbocycles. The smallest absolute Gasteiger partial charge is 0.233 e. The van der Waals surface area contributed by atoms with Crippen LogP contribution in [0.3, 0.4) is 0 Å². The van der Waals surface area contributed by atoms with Crippen LogP contribution in [0.4, 0.5) is 0 Å². The lowest BCUT2D eigenvalue weighted by Crippen LogP contribution is -2.32. The van der Waals surface area contributed by atoms with Gasteiger partial charge in [-0.3, -0.25) is 4.79 Å². The van der Waals surface area contributed by atoms with Gasteiger partial charge in [0.25, 0.3) is 0 Å². The number of amides is 1. The molecular formula is C17H16ClNO2S. The SMILES string of the molecule is O=C1CS[C@@H](c2ccccc2Cl)N1C[C@@H](O)c1ccccc1. The van der Waals surface area contributed by atoms with Crippen LogP contribution in [0.2, 0.25) is 5.02 Å². The highest BCUT2D eigenvalue weighted by Gasteiger charge is 2.35. The largest absolute Gasteiger partial charge is 0.387 e. The number of aliphatic hydroxyl groups excluding tert-OH is 1. The summed E-state index contributed by atoms with van der Waals surface area (Å²) in [6.45, 7) is 0.270. The first-order chi connectivity index (χ1) is 10.7. The van der Waals surface area contributed by atoms with Gasteiger partial charge in [0.1, 0.15) is 5.37 Å². The third kappa shape index (κ3) is 3.14. The van der Waals surface area contributed by atoms with Crippen LogP contribution in [0.5, 0.6) is 0 Å². The normalized spacial score (nSPS) is 19.5. The molecule has 0 aromatic heterocycles. The van der Waals surface area contributed by atoms with E-state index < -0.39 is 6.10 Å². The molecule has 5 heteroatoms. The summed E-state index contributed by atoms with van der Waals surface area (Å²) in [5.41, 5.74) is 1.73. The molecule has 1 N–H and O–H groups in total. The van der Waals surface area contributed by atoms with Crippen molar-refractivity contribution in [3.8, 4) is 0 Å². The van der Waals surface area contributed by atoms with Crippen molar-refractivity contribution in [1.82, 2.24) is 4.90 Å². The summed E-state index contributed by atoms with van der Waals surface area (Å²) in [6, 6.07) is 16.9. The Morgan fingerprint density at radius 1 is 1.18 bits per heavy atom. The highest BCUT2D eigenvalue weighted by molar-refractivity contribution is 8.00. The van der Waals surface area contributed by atoms with E-state index in [9.17, 15) is 9.90 Å². The number of thioether (sulfide) groups is 1. The first-order valence-corrected chi connectivity index (χ1v) is 8.48. The highest BCUT2D eigenvalue weighted by Crippen LogP contribution is 2.42. The molecule has 1 amide bonds. The summed E-state index contributed by atoms with van der Waals surface area (Å²) in [6.07, 6.45) is -0.700. The Labute approximate surface area is 138 Å². The molecule has 22 heavy (non-hydrogen) atoms. The second kappa shape index (κ2) is 6.73. The van der Waals surface area contributed by atoms with Crippen molar-refractivity contribution in [2.45, 2.75) is 11.5 Å². The Kier molecular flexibility index (Phi) is 4.71. The number of carbonyl (C=O) groups is 1. The zero-order chi connectivity index (χ0) is 15.5. The molecule has 0 bridgehead atoms. The topological polar surface area (TPSA) is 40.5 Å². The lowest BCUT2D eigenvalue weighted by Gasteiger charge is -2.27. The van der Waals surface area contributed by atoms with Gasteiger partial charge >= 0.3 is 0 Å². The lowest BCUT2D eigenvalue weighted by molar-refractivity contribution is -0.129. The molecule has 1 saturated heterocycles. The van der Waals surface area contributed by atoms with Crippen LogP contribution in [0.25, 0.3) is 0 Å². The standard InChI is InChI=1S/C17H16ClNO2S/c18-14-9-5-4-8-13(14)17-19(16(21)11-22-17)10-15(20)12-6-2-1-3-7-12/h1-9,15,17,20H,10-11H2/t15-,17+/m1/s1. The number of carbonyl (C=O) groups excluding carboxylic acids is 1. The van der Waals surface area contributed by atoms with E-state index in [2.05, 4.69) is 0 Å². The predicted octanol–water partition coefficient (Wildman–Crippen LogP) is 3.65. The molecule has 2 aromatic carbocycles. The van der Waals surface area contributed by atoms with Crippen molar-refractivity contribution in [1.29, 1.82) is 0 Å². The lowest BCUT2D eigenvalue weighted by atomic mass is 10.1. The van der Waals surface area contributed by atoms with Gasteiger partial charge in [0.2, 0.25) is 5.91 Å². The first-order valence-electron chi connectivity index (χ1n) is 7.05. The van der Waals surface area contributed by atoms with Crippen LogP contribution in [0.15, 0.2) is 54.6 Å². The fourth-order valence-electron chi connectivity index (χ4n) is 2.55. The first kappa shape index (κ1) is 15.4. The van der Waals surface area contributed by atoms with Crippen LogP contribution in [-0.2, 0) is 4.79 Å². The van der Waals surface area contributed by atoms with Crippen LogP contribution < -0.4 is 0 Å². The molecule has 1 aliphatic heterocycles. The fourth-order valence-corrected chi connectivity index (χ4v) is 4.09. The molecule has 114 valence electrons. The number of rotatable bonds is 4. The maximum absolute atomic E-state index is 12.2. The summed E-state index contributed by atoms with van der Waals surface area (Å²) in [5, 5.41) is 10.9. The van der Waals surface area contributed by atoms with Crippen molar-refractivity contribution < 1.29 is 9.90 Å². The van der Waals surface area contributed by atoms with Gasteiger partial charge in [0.05, 0.1) is 18.4 Å². The molecule has 0 radical (unpaired) electrons. The van der Waals surface area contributed by atoms with Gasteiger partial charge < -0.3 is 10.0 Å². The minimum Gasteiger partial charge on any atom is -0.387 e. The molecule has 3 nitrogen and oxygen atoms in total. The highest BCUT2D eigenvalue weighted by atomic mass is 35.5. The molecule has 1 aliphatic rings. The molecule has 0 unspecified atom stereocenters. The van der Waals surface area contributed by atoms with E-state index in [4.69, 9.17) is 11.6 Å². The number of hydrogen-bond donors (Lipinski definition) is 1. The fraction of sp³-hybridized carbons (Fsp3) is 0.235. The van der Waals surface area contributed by atoms with Gasteiger partial charge in [-0.1, -0.05) is 60.1 Å². The molecular weight excluding hydrogens is 318 g/mol. The third-order valence-corrected chi connectivity index (χ3v) is 5.28. The second-order valence-corrected chi connectivity index (χ2v) is 6.63. The second-order valence-electron chi connectivity index (χ2n) is 5.16. The molecule has 0 spiro atoms. The van der Waals surface area contributed by atoms with Crippen molar-refractivity contribution in [2.75, 3.05) is 12.3 Å². The Balaban J connectivity index is 1.81. The monoisotopic (exact) mass is 333 g/mol. The van der Waals surface area contributed by atoms with E-state index in [0.717, 1.165) is 11.1 Å². The molecule has 2 aromatic rings. The van der Waals surface area contributed by atoms with Gasteiger partial charge in [0.15, 0.2) is 0 Å². The molecule has 1 heterocycles. The predicted molar refractivity (Wildman–Crippen MR) is 89.8 cm³/mol. The van der Waals surface area contributed by atoms with E-state index in [0.29, 0.717) is 10.8 Å². The van der Waals surface area contributed by atoms with E-state index in [1.54, 1.807) is 16.7 Å². The van der Waals surface area contributed by atoms with Gasteiger partial charge in [-0.25, -0.2) is 0 Å². The summed E-state index contributed by atoms with van der Waals surface area (Å²) < 4.78 is 0. The summed E-state index contributed by atoms with van der Waals surface area (Å²) in [7, 11) is 0. The minimum atomic E-state index is -0.700. The third-order valence-electron chi connectivity index (χ3n) is 3.69. The zero-order valence-electron chi connectivity index (χ0n) is 11.9. The average Bonchev–Trinajstić information content (AvgIpc) is 2.90. The van der Waals surface area contributed by atoms with Crippen molar-refractivity contribution in [2.24, 2.45) is 0 Å². The van der Waals surface area contributed by atoms with Crippen molar-refractivity contribution >= 4 is 29.3 Å². The van der Waals surface area contributed by atoms with E-state index in [1.165, 1.54) is 0 Å². The zero-order valence-corrected chi connectivity index (χ0v) is 13.4. The van der Waals surface area contributed by atoms with E-state index in [1.807, 2.05) is 54.6 Å². The molecule has 3 rings (SSSR count). The number of benzene rings is 2. The van der Waals surface area contributed by atoms with Crippen LogP contribution in [0, 0.1) is 0 Å². The molecule has 1 fully saturated rings. The molecule has 2 atom stereocenters. The summed E-state index contributed by atoms with van der Waals surface area (Å²) in [4.78, 5) is 13.9. The van der Waals surface area contributed by atoms with Gasteiger partial charge in [0, 0.05) is 10.6 Å². The number of β-amino-alcohol motifs (C(OH)–C–C–N with tert-alkyl or cyclic N) is 1. The Morgan fingerprint density at radius 2 is 1.86 bits per heavy atom. The Hall–Kier alpha value is -1.49. The summed E-state index contributed by atoms with van der Waals surface area (Å²) >= 11 is 7.80. The number of hydrogen-bond acceptors (Lipinski definition) is 3. The minimum absolute atomic E-state index is 0.0323. The van der Waals surface area contributed by atoms with Crippen LogP contribution in [-0.4, -0.2) is 28.2 Å². The van der Waals surface area contributed by atoms with E-state index >= 15 is 0 Å². The van der Waals surface area contributed by atoms with Gasteiger partial charge in [-0.15, -0.1) is 11.8 Å². The van der Waals surface area contributed by atoms with Crippen molar-refractivity contribution in [3.05, 3.63) is 70.7 Å². The Bertz CT molecular complexity index is 665. The van der Waals surface area contributed by atoms with Crippen molar-refractivity contribution in [3.63, 3.8) is 0 Å². The quantitative estimate of drug-likeness (QED) is 0.928. The van der Waals surface area contributed by atoms with E-state index in [-0.39, 0.29) is 17.8 Å². The molecule has 0 saturated carbocycles. The Morgan fingerprint density at radius 3 is 2.59 bits per heavy atom. The average molecular weight is 334 g/mol. The number of nitrogens with zero attached hydrogens (tertiary/aromatic N) is 1.